The first-order chi connectivity index (χ1) is 14.1. The summed E-state index contributed by atoms with van der Waals surface area (Å²) in [5, 5.41) is 3.56. The molecule has 0 spiro atoms. The molecule has 1 saturated heterocycles. The summed E-state index contributed by atoms with van der Waals surface area (Å²) >= 11 is 6.10. The number of aromatic nitrogens is 2. The largest absolute Gasteiger partial charge is 0.394 e. The lowest BCUT2D eigenvalue weighted by Crippen LogP contribution is -2.76. The molecule has 5 nitrogen and oxygen atoms in total. The Balaban J connectivity index is 1.60. The summed E-state index contributed by atoms with van der Waals surface area (Å²) in [5.41, 5.74) is -2.23. The second kappa shape index (κ2) is 5.59. The molecule has 3 aliphatic carbocycles. The van der Waals surface area contributed by atoms with Gasteiger partial charge in [-0.3, -0.25) is 0 Å². The Morgan fingerprint density at radius 3 is 2.06 bits per heavy atom. The SMILES string of the molecule is O=S(=O)(n1nc(N2CC(F)(F)C(F)(F)C2)c2c(Cl)cccc21)C12CC(C(F)(F)F)(C1)C2. The zero-order chi connectivity index (χ0) is 22.8. The molecule has 14 heteroatoms. The Hall–Kier alpha value is -1.76. The molecule has 1 aromatic heterocycles. The first-order valence-electron chi connectivity index (χ1n) is 9.06. The second-order valence-corrected chi connectivity index (χ2v) is 11.1. The minimum atomic E-state index is -4.54. The van der Waals surface area contributed by atoms with E-state index in [1.165, 1.54) is 18.2 Å². The molecular formula is C17H13ClF7N3O2S. The standard InChI is InChI=1S/C17H13ClF7N3O2S/c18-9-2-1-3-10-11(9)12(27-7-15(19,20)16(21,22)8-27)26-28(10)31(29,30)14-4-13(5-14,6-14)17(23,24)25/h1-3H,4-8H2. The fourth-order valence-electron chi connectivity index (χ4n) is 4.86. The third-order valence-corrected chi connectivity index (χ3v) is 9.15. The van der Waals surface area contributed by atoms with E-state index in [1.807, 2.05) is 0 Å². The van der Waals surface area contributed by atoms with E-state index in [1.54, 1.807) is 0 Å². The quantitative estimate of drug-likeness (QED) is 0.596. The van der Waals surface area contributed by atoms with Gasteiger partial charge in [-0.2, -0.15) is 34.8 Å². The summed E-state index contributed by atoms with van der Waals surface area (Å²) in [4.78, 5) is 0.541. The molecule has 0 N–H and O–H groups in total. The highest BCUT2D eigenvalue weighted by Crippen LogP contribution is 2.76. The molecule has 4 fully saturated rings. The van der Waals surface area contributed by atoms with E-state index >= 15 is 0 Å². The van der Waals surface area contributed by atoms with Crippen LogP contribution in [-0.2, 0) is 10.0 Å². The van der Waals surface area contributed by atoms with Crippen molar-refractivity contribution in [3.63, 3.8) is 0 Å². The van der Waals surface area contributed by atoms with Gasteiger partial charge in [-0.25, -0.2) is 8.42 Å². The minimum Gasteiger partial charge on any atom is -0.342 e. The molecule has 0 amide bonds. The van der Waals surface area contributed by atoms with E-state index in [4.69, 9.17) is 11.6 Å². The van der Waals surface area contributed by atoms with Crippen molar-refractivity contribution < 1.29 is 39.2 Å². The topological polar surface area (TPSA) is 55.2 Å². The number of hydrogen-bond donors (Lipinski definition) is 0. The normalized spacial score (nSPS) is 31.5. The van der Waals surface area contributed by atoms with E-state index < -0.39 is 76.4 Å². The van der Waals surface area contributed by atoms with Gasteiger partial charge in [0.05, 0.1) is 39.2 Å². The Labute approximate surface area is 175 Å². The van der Waals surface area contributed by atoms with Crippen molar-refractivity contribution in [1.29, 1.82) is 0 Å². The average Bonchev–Trinajstić information content (AvgIpc) is 2.99. The van der Waals surface area contributed by atoms with Crippen LogP contribution >= 0.6 is 11.6 Å². The van der Waals surface area contributed by atoms with Crippen LogP contribution in [0, 0.1) is 5.41 Å². The average molecular weight is 492 g/mol. The summed E-state index contributed by atoms with van der Waals surface area (Å²) in [6.07, 6.45) is -6.45. The van der Waals surface area contributed by atoms with Crippen molar-refractivity contribution in [2.75, 3.05) is 18.0 Å². The maximum Gasteiger partial charge on any atom is 0.394 e. The van der Waals surface area contributed by atoms with Gasteiger partial charge in [0.2, 0.25) is 0 Å². The summed E-state index contributed by atoms with van der Waals surface area (Å²) in [6.45, 7) is -2.83. The molecule has 2 bridgehead atoms. The summed E-state index contributed by atoms with van der Waals surface area (Å²) in [6, 6.07) is 3.89. The van der Waals surface area contributed by atoms with Crippen LogP contribution in [-0.4, -0.2) is 53.5 Å². The molecule has 31 heavy (non-hydrogen) atoms. The molecule has 170 valence electrons. The molecule has 2 aromatic rings. The van der Waals surface area contributed by atoms with Crippen LogP contribution in [0.25, 0.3) is 10.9 Å². The number of anilines is 1. The number of nitrogens with zero attached hydrogens (tertiary/aromatic N) is 3. The van der Waals surface area contributed by atoms with Crippen molar-refractivity contribution in [3.8, 4) is 0 Å². The molecule has 3 saturated carbocycles. The Morgan fingerprint density at radius 2 is 1.55 bits per heavy atom. The highest BCUT2D eigenvalue weighted by Gasteiger charge is 2.83. The van der Waals surface area contributed by atoms with Crippen LogP contribution in [0.1, 0.15) is 19.3 Å². The number of alkyl halides is 7. The maximum absolute atomic E-state index is 13.7. The molecular weight excluding hydrogens is 479 g/mol. The smallest absolute Gasteiger partial charge is 0.342 e. The lowest BCUT2D eigenvalue weighted by atomic mass is 9.43. The highest BCUT2D eigenvalue weighted by molar-refractivity contribution is 7.91. The van der Waals surface area contributed by atoms with Crippen molar-refractivity contribution in [3.05, 3.63) is 23.2 Å². The van der Waals surface area contributed by atoms with Gasteiger partial charge in [-0.05, 0) is 31.4 Å². The van der Waals surface area contributed by atoms with Crippen molar-refractivity contribution in [1.82, 2.24) is 9.19 Å². The molecule has 1 aliphatic heterocycles. The van der Waals surface area contributed by atoms with Gasteiger partial charge in [-0.1, -0.05) is 17.7 Å². The van der Waals surface area contributed by atoms with Gasteiger partial charge in [0, 0.05) is 0 Å². The first-order valence-corrected chi connectivity index (χ1v) is 10.9. The first kappa shape index (κ1) is 21.1. The van der Waals surface area contributed by atoms with Crippen molar-refractivity contribution >= 4 is 38.3 Å². The van der Waals surface area contributed by atoms with E-state index in [2.05, 4.69) is 5.10 Å². The third-order valence-electron chi connectivity index (χ3n) is 6.58. The van der Waals surface area contributed by atoms with Gasteiger partial charge in [0.15, 0.2) is 5.82 Å². The highest BCUT2D eigenvalue weighted by atomic mass is 35.5. The van der Waals surface area contributed by atoms with Crippen LogP contribution in [0.2, 0.25) is 5.02 Å². The molecule has 0 atom stereocenters. The van der Waals surface area contributed by atoms with Crippen LogP contribution in [0.5, 0.6) is 0 Å². The molecule has 6 rings (SSSR count). The van der Waals surface area contributed by atoms with E-state index in [0.717, 1.165) is 0 Å². The zero-order valence-electron chi connectivity index (χ0n) is 15.4. The summed E-state index contributed by atoms with van der Waals surface area (Å²) in [5.74, 6) is -9.25. The minimum absolute atomic E-state index is 0.114. The molecule has 1 aromatic carbocycles. The van der Waals surface area contributed by atoms with Crippen LogP contribution < -0.4 is 4.90 Å². The van der Waals surface area contributed by atoms with E-state index in [0.29, 0.717) is 8.99 Å². The van der Waals surface area contributed by atoms with Gasteiger partial charge in [0.1, 0.15) is 0 Å². The second-order valence-electron chi connectivity index (χ2n) is 8.56. The molecule has 4 aliphatic rings. The van der Waals surface area contributed by atoms with E-state index in [-0.39, 0.29) is 15.9 Å². The van der Waals surface area contributed by atoms with Gasteiger partial charge in [-0.15, -0.1) is 5.10 Å². The van der Waals surface area contributed by atoms with Gasteiger partial charge < -0.3 is 4.90 Å². The number of benzene rings is 1. The number of fused-ring (bicyclic) bond motifs is 1. The monoisotopic (exact) mass is 491 g/mol. The van der Waals surface area contributed by atoms with Crippen LogP contribution in [0.3, 0.4) is 0 Å². The fraction of sp³-hybridized carbons (Fsp3) is 0.588. The Morgan fingerprint density at radius 1 is 1.00 bits per heavy atom. The van der Waals surface area contributed by atoms with Crippen LogP contribution in [0.4, 0.5) is 36.6 Å². The lowest BCUT2D eigenvalue weighted by molar-refractivity contribution is -0.314. The third kappa shape index (κ3) is 2.44. The van der Waals surface area contributed by atoms with Crippen molar-refractivity contribution in [2.24, 2.45) is 5.41 Å². The van der Waals surface area contributed by atoms with E-state index in [9.17, 15) is 39.2 Å². The predicted octanol–water partition coefficient (Wildman–Crippen LogP) is 4.44. The van der Waals surface area contributed by atoms with Gasteiger partial charge in [0.25, 0.3) is 10.0 Å². The predicted molar refractivity (Wildman–Crippen MR) is 96.2 cm³/mol. The Bertz CT molecular complexity index is 1190. The van der Waals surface area contributed by atoms with Crippen molar-refractivity contribution in [2.45, 2.75) is 42.0 Å². The number of hydrogen-bond acceptors (Lipinski definition) is 4. The summed E-state index contributed by atoms with van der Waals surface area (Å²) < 4.78 is 120. The maximum atomic E-state index is 13.7. The zero-order valence-corrected chi connectivity index (χ0v) is 16.9. The number of halogens is 8. The van der Waals surface area contributed by atoms with Crippen LogP contribution in [0.15, 0.2) is 18.2 Å². The molecule has 0 radical (unpaired) electrons. The lowest BCUT2D eigenvalue weighted by Gasteiger charge is -2.68. The fourth-order valence-corrected chi connectivity index (χ4v) is 7.45. The molecule has 2 heterocycles. The van der Waals surface area contributed by atoms with Gasteiger partial charge >= 0.3 is 18.0 Å². The summed E-state index contributed by atoms with van der Waals surface area (Å²) in [7, 11) is -4.50. The molecule has 0 unspecified atom stereocenters. The Kier molecular flexibility index (Phi) is 3.80. The number of rotatable bonds is 3.